The van der Waals surface area contributed by atoms with E-state index < -0.39 is 0 Å². The fraction of sp³-hybridized carbons (Fsp3) is 0.267. The maximum absolute atomic E-state index is 11.4. The van der Waals surface area contributed by atoms with Gasteiger partial charge in [0.25, 0.3) is 0 Å². The van der Waals surface area contributed by atoms with E-state index in [0.717, 1.165) is 10.0 Å². The number of anilines is 1. The summed E-state index contributed by atoms with van der Waals surface area (Å²) in [4.78, 5) is 15.7. The highest BCUT2D eigenvalue weighted by Gasteiger charge is 2.07. The molecule has 2 rings (SSSR count). The summed E-state index contributed by atoms with van der Waals surface area (Å²) in [7, 11) is 0. The molecule has 0 bridgehead atoms. The van der Waals surface area contributed by atoms with Crippen molar-refractivity contribution in [2.45, 2.75) is 20.3 Å². The molecule has 0 atom stereocenters. The molecule has 22 heavy (non-hydrogen) atoms. The summed E-state index contributed by atoms with van der Waals surface area (Å²) in [5.41, 5.74) is 5.70. The van der Waals surface area contributed by atoms with Crippen LogP contribution in [0.15, 0.2) is 33.2 Å². The lowest BCUT2D eigenvalue weighted by molar-refractivity contribution is -0.142. The van der Waals surface area contributed by atoms with Gasteiger partial charge >= 0.3 is 5.97 Å². The number of nitrogens with zero attached hydrogens (tertiary/aromatic N) is 2. The van der Waals surface area contributed by atoms with Gasteiger partial charge in [-0.15, -0.1) is 11.3 Å². The van der Waals surface area contributed by atoms with Gasteiger partial charge in [-0.25, -0.2) is 4.98 Å². The summed E-state index contributed by atoms with van der Waals surface area (Å²) in [5.74, 6) is -0.272. The Morgan fingerprint density at radius 2 is 2.36 bits per heavy atom. The highest BCUT2D eigenvalue weighted by molar-refractivity contribution is 9.10. The molecule has 0 unspecified atom stereocenters. The van der Waals surface area contributed by atoms with Crippen LogP contribution in [-0.2, 0) is 16.0 Å². The van der Waals surface area contributed by atoms with Crippen LogP contribution in [0.1, 0.15) is 23.7 Å². The molecule has 0 saturated carbocycles. The summed E-state index contributed by atoms with van der Waals surface area (Å²) in [6, 6.07) is 6.04. The Morgan fingerprint density at radius 1 is 1.55 bits per heavy atom. The molecule has 0 aliphatic rings. The zero-order valence-corrected chi connectivity index (χ0v) is 14.7. The largest absolute Gasteiger partial charge is 0.466 e. The minimum absolute atomic E-state index is 0.180. The smallest absolute Gasteiger partial charge is 0.311 e. The molecule has 0 fully saturated rings. The van der Waals surface area contributed by atoms with E-state index in [1.54, 1.807) is 13.1 Å². The van der Waals surface area contributed by atoms with Gasteiger partial charge in [-0.3, -0.25) is 10.2 Å². The molecule has 0 amide bonds. The van der Waals surface area contributed by atoms with E-state index in [2.05, 4.69) is 31.4 Å². The minimum Gasteiger partial charge on any atom is -0.466 e. The van der Waals surface area contributed by atoms with E-state index in [9.17, 15) is 4.79 Å². The van der Waals surface area contributed by atoms with Crippen molar-refractivity contribution in [2.24, 2.45) is 5.10 Å². The lowest BCUT2D eigenvalue weighted by Crippen LogP contribution is -2.07. The normalized spacial score (nSPS) is 10.9. The molecule has 2 aromatic rings. The fourth-order valence-electron chi connectivity index (χ4n) is 1.69. The van der Waals surface area contributed by atoms with E-state index in [1.807, 2.05) is 30.5 Å². The number of thiazole rings is 1. The number of aryl methyl sites for hydroxylation is 1. The van der Waals surface area contributed by atoms with E-state index >= 15 is 0 Å². The molecule has 0 saturated heterocycles. The molecule has 0 aliphatic heterocycles. The predicted octanol–water partition coefficient (Wildman–Crippen LogP) is 3.77. The van der Waals surface area contributed by atoms with E-state index in [1.165, 1.54) is 16.9 Å². The summed E-state index contributed by atoms with van der Waals surface area (Å²) in [6.07, 6.45) is 1.90. The molecule has 7 heteroatoms. The highest BCUT2D eigenvalue weighted by atomic mass is 79.9. The maximum Gasteiger partial charge on any atom is 0.311 e. The van der Waals surface area contributed by atoms with Crippen LogP contribution in [0.3, 0.4) is 0 Å². The Bertz CT molecular complexity index is 685. The third kappa shape index (κ3) is 4.92. The molecule has 0 radical (unpaired) electrons. The molecule has 1 aromatic heterocycles. The Balaban J connectivity index is 1.93. The lowest BCUT2D eigenvalue weighted by atomic mass is 10.2. The van der Waals surface area contributed by atoms with Gasteiger partial charge in [0.2, 0.25) is 5.13 Å². The van der Waals surface area contributed by atoms with Crippen molar-refractivity contribution >= 4 is 44.6 Å². The van der Waals surface area contributed by atoms with Gasteiger partial charge in [0.05, 0.1) is 24.9 Å². The first-order valence-electron chi connectivity index (χ1n) is 6.73. The van der Waals surface area contributed by atoms with Gasteiger partial charge in [-0.2, -0.15) is 5.10 Å². The molecule has 1 N–H and O–H groups in total. The zero-order valence-electron chi connectivity index (χ0n) is 12.3. The Kier molecular flexibility index (Phi) is 6.09. The van der Waals surface area contributed by atoms with Gasteiger partial charge in [0.1, 0.15) is 0 Å². The molecule has 0 aliphatic carbocycles. The number of hydrogen-bond acceptors (Lipinski definition) is 6. The van der Waals surface area contributed by atoms with E-state index in [-0.39, 0.29) is 12.4 Å². The van der Waals surface area contributed by atoms with Crippen LogP contribution in [0, 0.1) is 6.92 Å². The van der Waals surface area contributed by atoms with Gasteiger partial charge in [0.15, 0.2) is 0 Å². The van der Waals surface area contributed by atoms with Crippen LogP contribution in [0.25, 0.3) is 0 Å². The highest BCUT2D eigenvalue weighted by Crippen LogP contribution is 2.18. The molecule has 116 valence electrons. The quantitative estimate of drug-likeness (QED) is 0.469. The third-order valence-corrected chi connectivity index (χ3v) is 4.18. The number of hydrogen-bond donors (Lipinski definition) is 1. The Hall–Kier alpha value is -1.73. The summed E-state index contributed by atoms with van der Waals surface area (Å²) in [6.45, 7) is 4.19. The van der Waals surface area contributed by atoms with Crippen LogP contribution >= 0.6 is 27.3 Å². The molecular formula is C15H16BrN3O2S. The maximum atomic E-state index is 11.4. The van der Waals surface area contributed by atoms with Crippen molar-refractivity contribution < 1.29 is 9.53 Å². The number of rotatable bonds is 6. The second-order valence-corrected chi connectivity index (χ2v) is 6.23. The number of halogens is 1. The number of ether oxygens (including phenoxy) is 1. The number of hydrazone groups is 1. The third-order valence-electron chi connectivity index (χ3n) is 2.70. The number of esters is 1. The zero-order chi connectivity index (χ0) is 15.9. The van der Waals surface area contributed by atoms with Crippen LogP contribution in [0.4, 0.5) is 5.13 Å². The average molecular weight is 382 g/mol. The first-order valence-corrected chi connectivity index (χ1v) is 8.41. The molecule has 1 heterocycles. The predicted molar refractivity (Wildman–Crippen MR) is 92.5 cm³/mol. The number of nitrogens with one attached hydrogen (secondary N) is 1. The first-order chi connectivity index (χ1) is 10.6. The van der Waals surface area contributed by atoms with Crippen LogP contribution in [0.2, 0.25) is 0 Å². The van der Waals surface area contributed by atoms with Crippen molar-refractivity contribution in [1.82, 2.24) is 4.98 Å². The van der Waals surface area contributed by atoms with Gasteiger partial charge in [0, 0.05) is 15.4 Å². The van der Waals surface area contributed by atoms with Crippen molar-refractivity contribution in [3.8, 4) is 0 Å². The summed E-state index contributed by atoms with van der Waals surface area (Å²) < 4.78 is 5.87. The summed E-state index contributed by atoms with van der Waals surface area (Å²) in [5, 5.41) is 6.61. The van der Waals surface area contributed by atoms with Gasteiger partial charge in [-0.05, 0) is 25.5 Å². The van der Waals surface area contributed by atoms with Crippen LogP contribution in [-0.4, -0.2) is 23.8 Å². The number of carbonyl (C=O) groups is 1. The van der Waals surface area contributed by atoms with Crippen LogP contribution in [0.5, 0.6) is 0 Å². The average Bonchev–Trinajstić information content (AvgIpc) is 2.89. The second kappa shape index (κ2) is 8.05. The van der Waals surface area contributed by atoms with Crippen molar-refractivity contribution in [3.63, 3.8) is 0 Å². The van der Waals surface area contributed by atoms with Gasteiger partial charge < -0.3 is 4.74 Å². The molecular weight excluding hydrogens is 366 g/mol. The van der Waals surface area contributed by atoms with E-state index in [0.29, 0.717) is 17.4 Å². The van der Waals surface area contributed by atoms with Crippen molar-refractivity contribution in [2.75, 3.05) is 12.0 Å². The molecule has 5 nitrogen and oxygen atoms in total. The molecule has 1 aromatic carbocycles. The first kappa shape index (κ1) is 16.6. The number of benzene rings is 1. The SMILES string of the molecule is CCOC(=O)Cc1csc(NN=Cc2ccc(C)cc2Br)n1. The molecule has 0 spiro atoms. The van der Waals surface area contributed by atoms with Crippen molar-refractivity contribution in [1.29, 1.82) is 0 Å². The summed E-state index contributed by atoms with van der Waals surface area (Å²) >= 11 is 4.89. The number of carbonyl (C=O) groups excluding carboxylic acids is 1. The number of aromatic nitrogens is 1. The fourth-order valence-corrected chi connectivity index (χ4v) is 2.95. The van der Waals surface area contributed by atoms with Gasteiger partial charge in [-0.1, -0.05) is 28.1 Å². The Labute approximate surface area is 141 Å². The minimum atomic E-state index is -0.272. The van der Waals surface area contributed by atoms with Crippen LogP contribution < -0.4 is 5.43 Å². The second-order valence-electron chi connectivity index (χ2n) is 4.52. The topological polar surface area (TPSA) is 63.6 Å². The van der Waals surface area contributed by atoms with E-state index in [4.69, 9.17) is 4.74 Å². The van der Waals surface area contributed by atoms with Crippen molar-refractivity contribution in [3.05, 3.63) is 44.9 Å². The monoisotopic (exact) mass is 381 g/mol. The standard InChI is InChI=1S/C15H16BrN3O2S/c1-3-21-14(20)7-12-9-22-15(18-12)19-17-8-11-5-4-10(2)6-13(11)16/h4-6,8-9H,3,7H2,1-2H3,(H,18,19). The Morgan fingerprint density at radius 3 is 3.09 bits per heavy atom. The lowest BCUT2D eigenvalue weighted by Gasteiger charge is -2.00.